The molecule has 0 unspecified atom stereocenters. The minimum Gasteiger partial charge on any atom is -0.450 e. The molecular weight excluding hydrogens is 322 g/mol. The Morgan fingerprint density at radius 2 is 2.08 bits per heavy atom. The summed E-state index contributed by atoms with van der Waals surface area (Å²) in [6.07, 6.45) is 0.983. The molecule has 8 nitrogen and oxygen atoms in total. The van der Waals surface area contributed by atoms with Crippen molar-refractivity contribution in [2.45, 2.75) is 13.5 Å². The van der Waals surface area contributed by atoms with Crippen molar-refractivity contribution in [1.82, 2.24) is 20.3 Å². The second-order valence-electron chi connectivity index (χ2n) is 5.17. The fraction of sp³-hybridized carbons (Fsp3) is 0.176. The molecule has 0 aliphatic heterocycles. The van der Waals surface area contributed by atoms with Crippen molar-refractivity contribution in [3.8, 4) is 0 Å². The van der Waals surface area contributed by atoms with Crippen molar-refractivity contribution < 1.29 is 14.3 Å². The van der Waals surface area contributed by atoms with Crippen LogP contribution in [-0.2, 0) is 11.3 Å². The molecule has 128 valence electrons. The van der Waals surface area contributed by atoms with E-state index in [4.69, 9.17) is 4.74 Å². The molecule has 0 bridgehead atoms. The van der Waals surface area contributed by atoms with Crippen LogP contribution in [0.25, 0.3) is 11.0 Å². The molecule has 3 N–H and O–H groups in total. The van der Waals surface area contributed by atoms with E-state index in [9.17, 15) is 9.59 Å². The summed E-state index contributed by atoms with van der Waals surface area (Å²) in [6.45, 7) is 2.19. The maximum absolute atomic E-state index is 12.4. The van der Waals surface area contributed by atoms with E-state index in [0.717, 1.165) is 11.0 Å². The van der Waals surface area contributed by atoms with Gasteiger partial charge in [-0.15, -0.1) is 0 Å². The van der Waals surface area contributed by atoms with Crippen molar-refractivity contribution in [3.63, 3.8) is 0 Å². The van der Waals surface area contributed by atoms with E-state index in [2.05, 4.69) is 25.6 Å². The number of carbonyl (C=O) groups is 2. The van der Waals surface area contributed by atoms with Gasteiger partial charge in [0.2, 0.25) is 5.95 Å². The van der Waals surface area contributed by atoms with Crippen molar-refractivity contribution in [3.05, 3.63) is 53.9 Å². The molecule has 0 saturated heterocycles. The molecule has 0 aliphatic rings. The molecule has 3 rings (SSSR count). The lowest BCUT2D eigenvalue weighted by molar-refractivity contribution is 0.102. The van der Waals surface area contributed by atoms with Gasteiger partial charge in [0.05, 0.1) is 29.9 Å². The minimum absolute atomic E-state index is 0.171. The maximum Gasteiger partial charge on any atom is 0.407 e. The van der Waals surface area contributed by atoms with E-state index in [1.54, 1.807) is 19.1 Å². The van der Waals surface area contributed by atoms with Crippen LogP contribution in [0.3, 0.4) is 0 Å². The zero-order valence-corrected chi connectivity index (χ0v) is 13.6. The Hall–Kier alpha value is -3.42. The highest BCUT2D eigenvalue weighted by Crippen LogP contribution is 2.14. The van der Waals surface area contributed by atoms with Gasteiger partial charge in [0, 0.05) is 11.8 Å². The van der Waals surface area contributed by atoms with Gasteiger partial charge in [-0.25, -0.2) is 9.78 Å². The summed E-state index contributed by atoms with van der Waals surface area (Å²) < 4.78 is 4.78. The van der Waals surface area contributed by atoms with E-state index in [1.165, 1.54) is 6.20 Å². The largest absolute Gasteiger partial charge is 0.450 e. The van der Waals surface area contributed by atoms with Crippen LogP contribution in [0.15, 0.2) is 42.6 Å². The average molecular weight is 339 g/mol. The third-order valence-electron chi connectivity index (χ3n) is 3.39. The summed E-state index contributed by atoms with van der Waals surface area (Å²) in [6, 6.07) is 10.7. The highest BCUT2D eigenvalue weighted by atomic mass is 16.5. The summed E-state index contributed by atoms with van der Waals surface area (Å²) >= 11 is 0. The van der Waals surface area contributed by atoms with Gasteiger partial charge in [-0.3, -0.25) is 15.1 Å². The molecule has 0 spiro atoms. The number of aromatic amines is 1. The molecular formula is C17H17N5O3. The molecule has 0 atom stereocenters. The Kier molecular flexibility index (Phi) is 4.89. The van der Waals surface area contributed by atoms with Gasteiger partial charge < -0.3 is 15.0 Å². The first-order valence-electron chi connectivity index (χ1n) is 7.77. The van der Waals surface area contributed by atoms with Gasteiger partial charge >= 0.3 is 6.09 Å². The summed E-state index contributed by atoms with van der Waals surface area (Å²) in [5.41, 5.74) is 2.57. The molecule has 0 fully saturated rings. The van der Waals surface area contributed by atoms with Gasteiger partial charge in [0.25, 0.3) is 5.91 Å². The Balaban J connectivity index is 1.67. The van der Waals surface area contributed by atoms with Gasteiger partial charge in [0.1, 0.15) is 0 Å². The third kappa shape index (κ3) is 4.11. The Bertz CT molecular complexity index is 873. The van der Waals surface area contributed by atoms with Gasteiger partial charge in [-0.2, -0.15) is 0 Å². The Labute approximate surface area is 143 Å². The summed E-state index contributed by atoms with van der Waals surface area (Å²) in [5, 5.41) is 5.27. The normalized spacial score (nSPS) is 10.4. The van der Waals surface area contributed by atoms with Crippen molar-refractivity contribution in [1.29, 1.82) is 0 Å². The molecule has 2 amide bonds. The number of H-pyrrole nitrogens is 1. The smallest absolute Gasteiger partial charge is 0.407 e. The van der Waals surface area contributed by atoms with Crippen LogP contribution in [0.2, 0.25) is 0 Å². The van der Waals surface area contributed by atoms with Crippen LogP contribution >= 0.6 is 0 Å². The van der Waals surface area contributed by atoms with Crippen LogP contribution in [0.4, 0.5) is 10.7 Å². The maximum atomic E-state index is 12.4. The molecule has 0 aliphatic carbocycles. The lowest BCUT2D eigenvalue weighted by atomic mass is 10.2. The van der Waals surface area contributed by atoms with E-state index < -0.39 is 6.09 Å². The number of aromatic nitrogens is 3. The zero-order valence-electron chi connectivity index (χ0n) is 13.6. The van der Waals surface area contributed by atoms with Crippen molar-refractivity contribution in [2.24, 2.45) is 0 Å². The molecule has 1 aromatic carbocycles. The number of nitrogens with one attached hydrogen (secondary N) is 3. The van der Waals surface area contributed by atoms with Crippen LogP contribution in [0.5, 0.6) is 0 Å². The summed E-state index contributed by atoms with van der Waals surface area (Å²) in [7, 11) is 0. The topological polar surface area (TPSA) is 109 Å². The second-order valence-corrected chi connectivity index (χ2v) is 5.17. The summed E-state index contributed by atoms with van der Waals surface area (Å²) in [4.78, 5) is 35.1. The lowest BCUT2D eigenvalue weighted by Crippen LogP contribution is -2.24. The number of hydrogen-bond donors (Lipinski definition) is 3. The number of para-hydroxylation sites is 2. The predicted octanol–water partition coefficient (Wildman–Crippen LogP) is 2.46. The standard InChI is InChI=1S/C17H17N5O3/c1-2-25-17(24)19-10-12-9-11(7-8-18-12)15(23)22-16-20-13-5-3-4-6-14(13)21-16/h3-9H,2,10H2,1H3,(H,19,24)(H2,20,21,22,23). The molecule has 3 aromatic rings. The number of imidazole rings is 1. The minimum atomic E-state index is -0.526. The molecule has 25 heavy (non-hydrogen) atoms. The van der Waals surface area contributed by atoms with Gasteiger partial charge in [-0.05, 0) is 31.2 Å². The number of anilines is 1. The number of amides is 2. The van der Waals surface area contributed by atoms with Crippen molar-refractivity contribution in [2.75, 3.05) is 11.9 Å². The van der Waals surface area contributed by atoms with Crippen molar-refractivity contribution >= 4 is 29.0 Å². The highest BCUT2D eigenvalue weighted by molar-refractivity contribution is 6.03. The number of ether oxygens (including phenoxy) is 1. The Morgan fingerprint density at radius 3 is 2.88 bits per heavy atom. The first-order chi connectivity index (χ1) is 12.2. The monoisotopic (exact) mass is 339 g/mol. The third-order valence-corrected chi connectivity index (χ3v) is 3.39. The molecule has 2 aromatic heterocycles. The fourth-order valence-corrected chi connectivity index (χ4v) is 2.25. The quantitative estimate of drug-likeness (QED) is 0.661. The number of hydrogen-bond acceptors (Lipinski definition) is 5. The average Bonchev–Trinajstić information content (AvgIpc) is 3.02. The van der Waals surface area contributed by atoms with E-state index in [1.807, 2.05) is 24.3 Å². The molecule has 8 heteroatoms. The van der Waals surface area contributed by atoms with E-state index >= 15 is 0 Å². The molecule has 0 saturated carbocycles. The van der Waals surface area contributed by atoms with Crippen LogP contribution in [0.1, 0.15) is 23.0 Å². The first kappa shape index (κ1) is 16.4. The van der Waals surface area contributed by atoms with Gasteiger partial charge in [-0.1, -0.05) is 12.1 Å². The number of pyridine rings is 1. The fourth-order valence-electron chi connectivity index (χ4n) is 2.25. The predicted molar refractivity (Wildman–Crippen MR) is 92.1 cm³/mol. The van der Waals surface area contributed by atoms with Crippen LogP contribution < -0.4 is 10.6 Å². The molecule has 0 radical (unpaired) electrons. The van der Waals surface area contributed by atoms with E-state index in [0.29, 0.717) is 23.8 Å². The van der Waals surface area contributed by atoms with Gasteiger partial charge in [0.15, 0.2) is 0 Å². The van der Waals surface area contributed by atoms with Crippen LogP contribution in [-0.4, -0.2) is 33.6 Å². The number of rotatable bonds is 5. The lowest BCUT2D eigenvalue weighted by Gasteiger charge is -2.06. The second kappa shape index (κ2) is 7.43. The number of benzene rings is 1. The first-order valence-corrected chi connectivity index (χ1v) is 7.77. The SMILES string of the molecule is CCOC(=O)NCc1cc(C(=O)Nc2nc3ccccc3[nH]2)ccn1. The zero-order chi connectivity index (χ0) is 17.6. The number of carbonyl (C=O) groups excluding carboxylic acids is 2. The van der Waals surface area contributed by atoms with E-state index in [-0.39, 0.29) is 12.5 Å². The highest BCUT2D eigenvalue weighted by Gasteiger charge is 2.11. The van der Waals surface area contributed by atoms with Crippen LogP contribution in [0, 0.1) is 0 Å². The number of alkyl carbamates (subject to hydrolysis) is 1. The summed E-state index contributed by atoms with van der Waals surface area (Å²) in [5.74, 6) is 0.0491. The Morgan fingerprint density at radius 1 is 1.24 bits per heavy atom. The molecule has 2 heterocycles. The number of fused-ring (bicyclic) bond motifs is 1. The number of nitrogens with zero attached hydrogens (tertiary/aromatic N) is 2.